The molecule has 0 radical (unpaired) electrons. The fourth-order valence-electron chi connectivity index (χ4n) is 4.15. The van der Waals surface area contributed by atoms with Crippen molar-refractivity contribution >= 4 is 19.3 Å². The minimum absolute atomic E-state index is 0.467. The molecule has 2 atom stereocenters. The number of rotatable bonds is 7. The Morgan fingerprint density at radius 2 is 1.19 bits per heavy atom. The zero-order valence-corrected chi connectivity index (χ0v) is 28.6. The summed E-state index contributed by atoms with van der Waals surface area (Å²) < 4.78 is 7.83. The molecule has 2 unspecified atom stereocenters. The summed E-state index contributed by atoms with van der Waals surface area (Å²) in [5, 5.41) is 8.16. The summed E-state index contributed by atoms with van der Waals surface area (Å²) in [6.07, 6.45) is 21.0. The monoisotopic (exact) mass is 798 g/mol. The molecule has 6 aromatic rings. The van der Waals surface area contributed by atoms with Gasteiger partial charge in [-0.3, -0.25) is 0 Å². The van der Waals surface area contributed by atoms with E-state index in [9.17, 15) is 0 Å². The number of aryl methyl sites for hydroxylation is 2. The zero-order chi connectivity index (χ0) is 30.9. The average Bonchev–Trinajstić information content (AvgIpc) is 3.86. The molecule has 10 nitrogen and oxygen atoms in total. The molecule has 0 aliphatic rings. The molecule has 0 fully saturated rings. The van der Waals surface area contributed by atoms with E-state index in [2.05, 4.69) is 53.1 Å². The molecule has 0 N–H and O–H groups in total. The number of aromatic nitrogens is 10. The van der Waals surface area contributed by atoms with Gasteiger partial charge in [-0.15, -0.1) is 0 Å². The minimum atomic E-state index is -0.639. The predicted octanol–water partition coefficient (Wildman–Crippen LogP) is 7.21. The van der Waals surface area contributed by atoms with Crippen LogP contribution < -0.4 is 0 Å². The summed E-state index contributed by atoms with van der Waals surface area (Å²) in [4.78, 5) is 16.8. The number of hydrogen-bond acceptors (Lipinski definition) is 6. The van der Waals surface area contributed by atoms with Gasteiger partial charge in [0.1, 0.15) is 0 Å². The molecule has 13 heteroatoms. The first kappa shape index (κ1) is 33.9. The molecule has 0 aliphatic heterocycles. The van der Waals surface area contributed by atoms with Crippen molar-refractivity contribution in [2.24, 2.45) is 0 Å². The second-order valence-electron chi connectivity index (χ2n) is 9.39. The topological polar surface area (TPSA) is 97.1 Å². The van der Waals surface area contributed by atoms with E-state index >= 15 is 0 Å². The zero-order valence-electron chi connectivity index (χ0n) is 24.5. The summed E-state index contributed by atoms with van der Waals surface area (Å²) in [7, 11) is 9.81. The fraction of sp³-hybridized carbons (Fsp3) is 0.267. The Bertz CT molecular complexity index is 1450. The second kappa shape index (κ2) is 18.8. The normalized spacial score (nSPS) is 11.7. The Morgan fingerprint density at radius 3 is 1.56 bits per heavy atom. The Kier molecular flexibility index (Phi) is 14.8. The fourth-order valence-corrected chi connectivity index (χ4v) is 4.15. The van der Waals surface area contributed by atoms with E-state index in [-0.39, 0.29) is 0 Å². The SMILES string of the molecule is CCC(CC(C)n1ccnc1)n1ccnc1.Cc1cccc(-n2cccn2)n1.Cc1cccc(-n2cccn2)n1.[Cl][Os][Cl]. The van der Waals surface area contributed by atoms with Crippen LogP contribution in [0.5, 0.6) is 0 Å². The maximum atomic E-state index is 4.90. The Morgan fingerprint density at radius 1 is 0.698 bits per heavy atom. The number of nitrogens with zero attached hydrogens (tertiary/aromatic N) is 10. The molecule has 0 bridgehead atoms. The van der Waals surface area contributed by atoms with E-state index in [0.29, 0.717) is 12.1 Å². The molecule has 0 aliphatic carbocycles. The van der Waals surface area contributed by atoms with Crippen LogP contribution in [-0.4, -0.2) is 48.6 Å². The standard InChI is InChI=1S/C12H18N4.2C9H9N3.2ClH.Os/c1-3-12(16-7-5-14-10-16)8-11(2)15-6-4-13-9-15;2*1-8-4-2-5-9(11-8)12-7-3-6-10-12;;;/h4-7,9-12H,3,8H2,1-2H3;2*2-7H,1H3;2*1H;/q;;;;;+2/p-2. The van der Waals surface area contributed by atoms with Crippen molar-refractivity contribution in [1.82, 2.24) is 48.6 Å². The van der Waals surface area contributed by atoms with Gasteiger partial charge in [0.2, 0.25) is 0 Å². The van der Waals surface area contributed by atoms with E-state index < -0.39 is 15.4 Å². The first-order chi connectivity index (χ1) is 20.9. The summed E-state index contributed by atoms with van der Waals surface area (Å²) >= 11 is -0.639. The van der Waals surface area contributed by atoms with Crippen LogP contribution in [-0.2, 0) is 15.4 Å². The first-order valence-electron chi connectivity index (χ1n) is 13.6. The van der Waals surface area contributed by atoms with E-state index in [0.717, 1.165) is 35.9 Å². The molecule has 0 aromatic carbocycles. The van der Waals surface area contributed by atoms with Crippen molar-refractivity contribution in [2.75, 3.05) is 0 Å². The molecule has 0 amide bonds. The van der Waals surface area contributed by atoms with Gasteiger partial charge >= 0.3 is 34.7 Å². The Hall–Kier alpha value is -3.64. The van der Waals surface area contributed by atoms with Crippen LogP contribution in [0.2, 0.25) is 0 Å². The molecule has 6 aromatic heterocycles. The predicted molar refractivity (Wildman–Crippen MR) is 167 cm³/mol. The van der Waals surface area contributed by atoms with Crippen molar-refractivity contribution in [1.29, 1.82) is 0 Å². The molecular formula is C30H36Cl2N10Os. The van der Waals surface area contributed by atoms with Gasteiger partial charge in [-0.25, -0.2) is 29.3 Å². The molecule has 6 rings (SSSR count). The van der Waals surface area contributed by atoms with Gasteiger partial charge in [0.25, 0.3) is 0 Å². The van der Waals surface area contributed by atoms with Crippen LogP contribution in [0.15, 0.2) is 111 Å². The van der Waals surface area contributed by atoms with E-state index in [1.165, 1.54) is 0 Å². The van der Waals surface area contributed by atoms with E-state index in [4.69, 9.17) is 19.3 Å². The van der Waals surface area contributed by atoms with Crippen LogP contribution in [0.4, 0.5) is 0 Å². The van der Waals surface area contributed by atoms with E-state index in [1.807, 2.05) is 112 Å². The van der Waals surface area contributed by atoms with Crippen molar-refractivity contribution in [3.8, 4) is 11.6 Å². The quantitative estimate of drug-likeness (QED) is 0.170. The molecular weight excluding hydrogens is 762 g/mol. The van der Waals surface area contributed by atoms with Gasteiger partial charge in [-0.2, -0.15) is 10.2 Å². The number of imidazole rings is 2. The third-order valence-corrected chi connectivity index (χ3v) is 6.29. The van der Waals surface area contributed by atoms with Crippen LogP contribution in [0.25, 0.3) is 11.6 Å². The van der Waals surface area contributed by atoms with Crippen LogP contribution in [0.3, 0.4) is 0 Å². The van der Waals surface area contributed by atoms with Crippen molar-refractivity contribution in [2.45, 2.75) is 52.6 Å². The van der Waals surface area contributed by atoms with Crippen LogP contribution in [0.1, 0.15) is 50.2 Å². The van der Waals surface area contributed by atoms with Crippen molar-refractivity contribution < 1.29 is 15.4 Å². The molecule has 0 spiro atoms. The summed E-state index contributed by atoms with van der Waals surface area (Å²) in [5.41, 5.74) is 2.01. The Labute approximate surface area is 268 Å². The van der Waals surface area contributed by atoms with Gasteiger partial charge in [0, 0.05) is 73.0 Å². The third kappa shape index (κ3) is 11.5. The van der Waals surface area contributed by atoms with Crippen LogP contribution >= 0.6 is 19.3 Å². The first-order valence-corrected chi connectivity index (χ1v) is 19.9. The summed E-state index contributed by atoms with van der Waals surface area (Å²) in [6, 6.07) is 16.5. The molecule has 0 saturated carbocycles. The molecule has 43 heavy (non-hydrogen) atoms. The second-order valence-corrected chi connectivity index (χ2v) is 13.1. The molecule has 6 heterocycles. The summed E-state index contributed by atoms with van der Waals surface area (Å²) in [5.74, 6) is 1.72. The van der Waals surface area contributed by atoms with Gasteiger partial charge in [0.15, 0.2) is 11.6 Å². The average molecular weight is 798 g/mol. The van der Waals surface area contributed by atoms with Crippen molar-refractivity contribution in [3.05, 3.63) is 122 Å². The van der Waals surface area contributed by atoms with Crippen LogP contribution in [0, 0.1) is 13.8 Å². The van der Waals surface area contributed by atoms with Crippen molar-refractivity contribution in [3.63, 3.8) is 0 Å². The van der Waals surface area contributed by atoms with Gasteiger partial charge in [0.05, 0.1) is 12.7 Å². The summed E-state index contributed by atoms with van der Waals surface area (Å²) in [6.45, 7) is 8.37. The van der Waals surface area contributed by atoms with Gasteiger partial charge in [-0.05, 0) is 70.0 Å². The van der Waals surface area contributed by atoms with E-state index in [1.54, 1.807) is 21.8 Å². The maximum absolute atomic E-state index is 4.90. The van der Waals surface area contributed by atoms with Gasteiger partial charge < -0.3 is 9.13 Å². The number of halogens is 2. The number of hydrogen-bond donors (Lipinski definition) is 0. The molecule has 0 saturated heterocycles. The molecule has 228 valence electrons. The number of pyridine rings is 2. The van der Waals surface area contributed by atoms with Gasteiger partial charge in [-0.1, -0.05) is 19.1 Å². The Balaban J connectivity index is 0.000000171. The third-order valence-electron chi connectivity index (χ3n) is 6.29.